The number of hydrogen-bond donors (Lipinski definition) is 1. The summed E-state index contributed by atoms with van der Waals surface area (Å²) in [7, 11) is 1.94. The van der Waals surface area contributed by atoms with Crippen LogP contribution in [0.5, 0.6) is 0 Å². The molecule has 1 spiro atoms. The molecule has 2 rings (SSSR count). The van der Waals surface area contributed by atoms with Crippen LogP contribution in [0.3, 0.4) is 0 Å². The number of halogens is 2. The Morgan fingerprint density at radius 3 is 2.33 bits per heavy atom. The Bertz CT molecular complexity index is 217. The molecule has 15 heavy (non-hydrogen) atoms. The number of nitrogens with one attached hydrogen (secondary N) is 1. The van der Waals surface area contributed by atoms with Crippen LogP contribution >= 0.6 is 24.8 Å². The first-order chi connectivity index (χ1) is 6.22. The average Bonchev–Trinajstić information content (AvgIpc) is 2.14. The third-order valence-corrected chi connectivity index (χ3v) is 3.53. The molecule has 2 saturated heterocycles. The van der Waals surface area contributed by atoms with E-state index in [2.05, 4.69) is 5.32 Å². The lowest BCUT2D eigenvalue weighted by Gasteiger charge is -2.44. The number of hydrogen-bond acceptors (Lipinski definition) is 2. The minimum Gasteiger partial charge on any atom is -0.345 e. The Morgan fingerprint density at radius 1 is 1.20 bits per heavy atom. The molecule has 0 aromatic heterocycles. The van der Waals surface area contributed by atoms with E-state index in [-0.39, 0.29) is 24.8 Å². The van der Waals surface area contributed by atoms with Gasteiger partial charge in [0.1, 0.15) is 0 Å². The highest BCUT2D eigenvalue weighted by atomic mass is 35.5. The van der Waals surface area contributed by atoms with Gasteiger partial charge in [-0.25, -0.2) is 0 Å². The van der Waals surface area contributed by atoms with Crippen molar-refractivity contribution in [3.05, 3.63) is 0 Å². The molecular formula is C10H20Cl2N2O. The molecule has 1 N–H and O–H groups in total. The number of amides is 1. The fraction of sp³-hybridized carbons (Fsp3) is 0.900. The van der Waals surface area contributed by atoms with Crippen molar-refractivity contribution in [3.63, 3.8) is 0 Å². The second-order valence-electron chi connectivity index (χ2n) is 4.50. The predicted molar refractivity (Wildman–Crippen MR) is 65.9 cm³/mol. The largest absolute Gasteiger partial charge is 0.345 e. The second kappa shape index (κ2) is 5.92. The molecule has 2 aliphatic rings. The van der Waals surface area contributed by atoms with Gasteiger partial charge >= 0.3 is 0 Å². The number of likely N-dealkylation sites (tertiary alicyclic amines) is 1. The summed E-state index contributed by atoms with van der Waals surface area (Å²) in [5.41, 5.74) is 0.452. The fourth-order valence-corrected chi connectivity index (χ4v) is 2.60. The number of rotatable bonds is 0. The van der Waals surface area contributed by atoms with Gasteiger partial charge in [0.25, 0.3) is 0 Å². The lowest BCUT2D eigenvalue weighted by atomic mass is 9.73. The normalized spacial score (nSPS) is 24.3. The molecule has 0 atom stereocenters. The van der Waals surface area contributed by atoms with E-state index in [0.29, 0.717) is 11.3 Å². The van der Waals surface area contributed by atoms with Crippen LogP contribution in [0.2, 0.25) is 0 Å². The number of nitrogens with zero attached hydrogens (tertiary/aromatic N) is 1. The third-order valence-electron chi connectivity index (χ3n) is 3.53. The first kappa shape index (κ1) is 15.0. The van der Waals surface area contributed by atoms with E-state index in [1.54, 1.807) is 0 Å². The van der Waals surface area contributed by atoms with Gasteiger partial charge in [-0.3, -0.25) is 4.79 Å². The molecule has 2 heterocycles. The van der Waals surface area contributed by atoms with Gasteiger partial charge in [-0.1, -0.05) is 0 Å². The lowest BCUT2D eigenvalue weighted by molar-refractivity contribution is -0.136. The summed E-state index contributed by atoms with van der Waals surface area (Å²) in [6, 6.07) is 0. The zero-order valence-electron chi connectivity index (χ0n) is 9.12. The molecule has 90 valence electrons. The van der Waals surface area contributed by atoms with E-state index in [0.717, 1.165) is 32.5 Å². The summed E-state index contributed by atoms with van der Waals surface area (Å²) >= 11 is 0. The van der Waals surface area contributed by atoms with E-state index in [1.807, 2.05) is 11.9 Å². The molecule has 3 nitrogen and oxygen atoms in total. The molecule has 0 aliphatic carbocycles. The molecule has 5 heteroatoms. The molecule has 2 fully saturated rings. The highest BCUT2D eigenvalue weighted by Gasteiger charge is 2.37. The summed E-state index contributed by atoms with van der Waals surface area (Å²) in [6.07, 6.45) is 4.35. The van der Waals surface area contributed by atoms with Crippen molar-refractivity contribution in [3.8, 4) is 0 Å². The van der Waals surface area contributed by atoms with E-state index < -0.39 is 0 Å². The Labute approximate surface area is 104 Å². The molecular weight excluding hydrogens is 235 g/mol. The van der Waals surface area contributed by atoms with Crippen molar-refractivity contribution in [2.75, 3.05) is 26.7 Å². The quantitative estimate of drug-likeness (QED) is 0.710. The highest BCUT2D eigenvalue weighted by Crippen LogP contribution is 2.37. The van der Waals surface area contributed by atoms with Crippen LogP contribution in [-0.2, 0) is 4.79 Å². The van der Waals surface area contributed by atoms with Gasteiger partial charge in [0.15, 0.2) is 0 Å². The van der Waals surface area contributed by atoms with Crippen molar-refractivity contribution in [1.29, 1.82) is 0 Å². The van der Waals surface area contributed by atoms with Gasteiger partial charge in [0, 0.05) is 20.0 Å². The Hall–Kier alpha value is 0.01000. The maximum absolute atomic E-state index is 11.3. The maximum Gasteiger partial charge on any atom is 0.222 e. The number of carbonyl (C=O) groups excluding carboxylic acids is 1. The summed E-state index contributed by atoms with van der Waals surface area (Å²) in [6.45, 7) is 3.23. The van der Waals surface area contributed by atoms with Gasteiger partial charge in [0.05, 0.1) is 0 Å². The minimum absolute atomic E-state index is 0. The minimum atomic E-state index is 0. The first-order valence-electron chi connectivity index (χ1n) is 5.17. The van der Waals surface area contributed by atoms with E-state index in [9.17, 15) is 4.79 Å². The number of carbonyl (C=O) groups is 1. The van der Waals surface area contributed by atoms with E-state index in [4.69, 9.17) is 0 Å². The van der Waals surface area contributed by atoms with Crippen LogP contribution < -0.4 is 5.32 Å². The van der Waals surface area contributed by atoms with Crippen molar-refractivity contribution >= 4 is 30.7 Å². The number of piperidine rings is 2. The summed E-state index contributed by atoms with van der Waals surface area (Å²) < 4.78 is 0. The van der Waals surface area contributed by atoms with Gasteiger partial charge in [-0.05, 0) is 37.8 Å². The maximum atomic E-state index is 11.3. The first-order valence-corrected chi connectivity index (χ1v) is 5.17. The van der Waals surface area contributed by atoms with Crippen molar-refractivity contribution in [2.45, 2.75) is 25.7 Å². The van der Waals surface area contributed by atoms with Crippen LogP contribution in [0.15, 0.2) is 0 Å². The van der Waals surface area contributed by atoms with Crippen molar-refractivity contribution < 1.29 is 4.79 Å². The van der Waals surface area contributed by atoms with Crippen LogP contribution in [0.25, 0.3) is 0 Å². The van der Waals surface area contributed by atoms with Gasteiger partial charge in [-0.15, -0.1) is 24.8 Å². The van der Waals surface area contributed by atoms with Crippen LogP contribution in [0.1, 0.15) is 25.7 Å². The average molecular weight is 255 g/mol. The summed E-state index contributed by atoms with van der Waals surface area (Å²) in [5, 5.41) is 3.38. The van der Waals surface area contributed by atoms with Crippen LogP contribution in [0.4, 0.5) is 0 Å². The van der Waals surface area contributed by atoms with Crippen molar-refractivity contribution in [1.82, 2.24) is 10.2 Å². The van der Waals surface area contributed by atoms with E-state index in [1.165, 1.54) is 12.8 Å². The molecule has 0 aromatic carbocycles. The summed E-state index contributed by atoms with van der Waals surface area (Å²) in [4.78, 5) is 13.2. The molecule has 1 amide bonds. The van der Waals surface area contributed by atoms with Gasteiger partial charge in [0.2, 0.25) is 5.91 Å². The topological polar surface area (TPSA) is 32.3 Å². The zero-order chi connectivity index (χ0) is 9.31. The molecule has 0 bridgehead atoms. The van der Waals surface area contributed by atoms with Crippen LogP contribution in [-0.4, -0.2) is 37.5 Å². The van der Waals surface area contributed by atoms with Gasteiger partial charge in [-0.2, -0.15) is 0 Å². The monoisotopic (exact) mass is 254 g/mol. The molecule has 0 radical (unpaired) electrons. The standard InChI is InChI=1S/C10H18N2O.2ClH/c1-12-8-10(3-2-9(12)13)4-6-11-7-5-10;;/h11H,2-8H2,1H3;2*1H. The Morgan fingerprint density at radius 2 is 1.80 bits per heavy atom. The third kappa shape index (κ3) is 3.23. The Balaban J connectivity index is 0.000000980. The predicted octanol–water partition coefficient (Wildman–Crippen LogP) is 1.45. The zero-order valence-corrected chi connectivity index (χ0v) is 10.8. The highest BCUT2D eigenvalue weighted by molar-refractivity contribution is 5.85. The molecule has 0 unspecified atom stereocenters. The SMILES string of the molecule is CN1CC2(CCNCC2)CCC1=O.Cl.Cl. The summed E-state index contributed by atoms with van der Waals surface area (Å²) in [5.74, 6) is 0.323. The molecule has 0 aromatic rings. The van der Waals surface area contributed by atoms with E-state index >= 15 is 0 Å². The molecule has 2 aliphatic heterocycles. The Kier molecular flexibility index (Phi) is 5.93. The van der Waals surface area contributed by atoms with Gasteiger partial charge < -0.3 is 10.2 Å². The van der Waals surface area contributed by atoms with Crippen LogP contribution in [0, 0.1) is 5.41 Å². The van der Waals surface area contributed by atoms with Crippen molar-refractivity contribution in [2.24, 2.45) is 5.41 Å². The second-order valence-corrected chi connectivity index (χ2v) is 4.50. The smallest absolute Gasteiger partial charge is 0.222 e. The lowest BCUT2D eigenvalue weighted by Crippen LogP contribution is -2.49. The fourth-order valence-electron chi connectivity index (χ4n) is 2.60. The molecule has 0 saturated carbocycles.